The normalized spacial score (nSPS) is 23.5. The van der Waals surface area contributed by atoms with E-state index in [0.717, 1.165) is 59.2 Å². The summed E-state index contributed by atoms with van der Waals surface area (Å²) in [6.45, 7) is 11.6. The average Bonchev–Trinajstić information content (AvgIpc) is 2.82. The second-order valence-electron chi connectivity index (χ2n) is 12.2. The molecule has 3 aliphatic rings. The Bertz CT molecular complexity index is 1280. The third kappa shape index (κ3) is 5.15. The molecule has 2 aliphatic heterocycles. The zero-order valence-electron chi connectivity index (χ0n) is 22.1. The number of para-hydroxylation sites is 1. The number of fused-ring (bicyclic) bond motifs is 1. The molecule has 3 heterocycles. The first-order valence-electron chi connectivity index (χ1n) is 13.7. The molecule has 1 saturated carbocycles. The number of piperidine rings is 1. The van der Waals surface area contributed by atoms with Gasteiger partial charge in [0.25, 0.3) is 0 Å². The van der Waals surface area contributed by atoms with Crippen molar-refractivity contribution in [1.29, 1.82) is 0 Å². The van der Waals surface area contributed by atoms with Crippen molar-refractivity contribution in [1.82, 2.24) is 14.9 Å². The summed E-state index contributed by atoms with van der Waals surface area (Å²) < 4.78 is 0. The van der Waals surface area contributed by atoms with Gasteiger partial charge >= 0.3 is 0 Å². The number of anilines is 2. The van der Waals surface area contributed by atoms with Crippen molar-refractivity contribution in [3.63, 3.8) is 0 Å². The van der Waals surface area contributed by atoms with Gasteiger partial charge in [0.2, 0.25) is 5.95 Å². The Balaban J connectivity index is 1.16. The number of hydrogen-bond acceptors (Lipinski definition) is 5. The van der Waals surface area contributed by atoms with E-state index in [-0.39, 0.29) is 6.04 Å². The van der Waals surface area contributed by atoms with Gasteiger partial charge < -0.3 is 15.1 Å². The van der Waals surface area contributed by atoms with E-state index < -0.39 is 0 Å². The fraction of sp³-hybridized carbons (Fsp3) is 0.533. The minimum atomic E-state index is -0.0234. The van der Waals surface area contributed by atoms with E-state index >= 15 is 0 Å². The monoisotopic (exact) mass is 537 g/mol. The number of benzene rings is 2. The van der Waals surface area contributed by atoms with Crippen LogP contribution in [0.1, 0.15) is 58.1 Å². The first kappa shape index (κ1) is 25.2. The Morgan fingerprint density at radius 2 is 1.78 bits per heavy atom. The SMILES string of the molecule is C[C@@H](Nc1nc(N2CC([C@H]3CCCN(C4CC(C)(C)C4)C3)C2)nc2ccccc12)c1ccc(Cl)cc1Cl. The van der Waals surface area contributed by atoms with Crippen LogP contribution in [0, 0.1) is 17.3 Å². The number of halogens is 2. The number of likely N-dealkylation sites (tertiary alicyclic amines) is 1. The molecule has 3 aromatic rings. The van der Waals surface area contributed by atoms with Gasteiger partial charge in [0.05, 0.1) is 11.6 Å². The lowest BCUT2D eigenvalue weighted by atomic mass is 9.67. The standard InChI is InChI=1S/C30H37Cl2N5/c1-19(24-11-10-22(31)13-26(24)32)33-28-25-8-4-5-9-27(25)34-29(35-28)37-17-21(18-37)20-7-6-12-36(16-20)23-14-30(2,3)15-23/h4-5,8-11,13,19-21,23H,6-7,12,14-18H2,1-3H3,(H,33,34,35)/t19-,20+/m1/s1. The summed E-state index contributed by atoms with van der Waals surface area (Å²) >= 11 is 12.6. The van der Waals surface area contributed by atoms with Crippen molar-refractivity contribution in [2.45, 2.75) is 58.5 Å². The highest BCUT2D eigenvalue weighted by Gasteiger charge is 2.43. The van der Waals surface area contributed by atoms with Gasteiger partial charge in [-0.25, -0.2) is 4.98 Å². The van der Waals surface area contributed by atoms with Crippen LogP contribution in [-0.2, 0) is 0 Å². The summed E-state index contributed by atoms with van der Waals surface area (Å²) in [4.78, 5) is 15.1. The van der Waals surface area contributed by atoms with E-state index in [0.29, 0.717) is 15.5 Å². The summed E-state index contributed by atoms with van der Waals surface area (Å²) in [6.07, 6.45) is 5.41. The van der Waals surface area contributed by atoms with Crippen molar-refractivity contribution >= 4 is 45.9 Å². The molecule has 196 valence electrons. The third-order valence-electron chi connectivity index (χ3n) is 8.82. The summed E-state index contributed by atoms with van der Waals surface area (Å²) in [7, 11) is 0. The second kappa shape index (κ2) is 9.91. The van der Waals surface area contributed by atoms with Gasteiger partial charge in [0.15, 0.2) is 0 Å². The van der Waals surface area contributed by atoms with E-state index in [2.05, 4.69) is 48.0 Å². The Kier molecular flexibility index (Phi) is 6.75. The Morgan fingerprint density at radius 1 is 1.00 bits per heavy atom. The van der Waals surface area contributed by atoms with Crippen LogP contribution >= 0.6 is 23.2 Å². The first-order valence-corrected chi connectivity index (χ1v) is 14.5. The van der Waals surface area contributed by atoms with Crippen molar-refractivity contribution in [2.24, 2.45) is 17.3 Å². The summed E-state index contributed by atoms with van der Waals surface area (Å²) in [5, 5.41) is 5.92. The van der Waals surface area contributed by atoms with E-state index in [1.807, 2.05) is 24.3 Å². The fourth-order valence-electron chi connectivity index (χ4n) is 6.66. The van der Waals surface area contributed by atoms with Gasteiger partial charge in [-0.3, -0.25) is 0 Å². The average molecular weight is 539 g/mol. The molecule has 0 unspecified atom stereocenters. The quantitative estimate of drug-likeness (QED) is 0.353. The third-order valence-corrected chi connectivity index (χ3v) is 9.38. The Labute approximate surface area is 230 Å². The molecule has 0 amide bonds. The van der Waals surface area contributed by atoms with Crippen molar-refractivity contribution < 1.29 is 0 Å². The highest BCUT2D eigenvalue weighted by molar-refractivity contribution is 6.35. The number of rotatable bonds is 6. The largest absolute Gasteiger partial charge is 0.363 e. The van der Waals surface area contributed by atoms with E-state index in [1.54, 1.807) is 6.07 Å². The van der Waals surface area contributed by atoms with E-state index in [9.17, 15) is 0 Å². The minimum Gasteiger partial charge on any atom is -0.363 e. The highest BCUT2D eigenvalue weighted by atomic mass is 35.5. The summed E-state index contributed by atoms with van der Waals surface area (Å²) in [5.41, 5.74) is 2.50. The number of nitrogens with zero attached hydrogens (tertiary/aromatic N) is 4. The summed E-state index contributed by atoms with van der Waals surface area (Å²) in [6, 6.07) is 14.7. The molecule has 6 rings (SSSR count). The van der Waals surface area contributed by atoms with Crippen LogP contribution in [-0.4, -0.2) is 47.1 Å². The van der Waals surface area contributed by atoms with Gasteiger partial charge in [-0.05, 0) is 86.2 Å². The molecule has 5 nitrogen and oxygen atoms in total. The van der Waals surface area contributed by atoms with E-state index in [4.69, 9.17) is 33.2 Å². The van der Waals surface area contributed by atoms with Crippen LogP contribution in [0.3, 0.4) is 0 Å². The molecule has 0 bridgehead atoms. The lowest BCUT2D eigenvalue weighted by Gasteiger charge is -2.53. The van der Waals surface area contributed by atoms with Crippen LogP contribution in [0.25, 0.3) is 10.9 Å². The Morgan fingerprint density at radius 3 is 2.54 bits per heavy atom. The highest BCUT2D eigenvalue weighted by Crippen LogP contribution is 2.45. The minimum absolute atomic E-state index is 0.0234. The van der Waals surface area contributed by atoms with Gasteiger partial charge in [0, 0.05) is 41.1 Å². The molecule has 37 heavy (non-hydrogen) atoms. The molecular weight excluding hydrogens is 501 g/mol. The van der Waals surface area contributed by atoms with Gasteiger partial charge in [-0.1, -0.05) is 55.2 Å². The molecular formula is C30H37Cl2N5. The van der Waals surface area contributed by atoms with Gasteiger partial charge in [-0.2, -0.15) is 4.98 Å². The summed E-state index contributed by atoms with van der Waals surface area (Å²) in [5.74, 6) is 3.19. The molecule has 1 aromatic heterocycles. The molecule has 1 aliphatic carbocycles. The van der Waals surface area contributed by atoms with E-state index in [1.165, 1.54) is 38.8 Å². The van der Waals surface area contributed by atoms with Gasteiger partial charge in [0.1, 0.15) is 5.82 Å². The number of aromatic nitrogens is 2. The molecule has 7 heteroatoms. The Hall–Kier alpha value is -2.08. The predicted molar refractivity (Wildman–Crippen MR) is 155 cm³/mol. The predicted octanol–water partition coefficient (Wildman–Crippen LogP) is 7.45. The molecule has 2 atom stereocenters. The van der Waals surface area contributed by atoms with Crippen LogP contribution in [0.4, 0.5) is 11.8 Å². The molecule has 2 aromatic carbocycles. The smallest absolute Gasteiger partial charge is 0.227 e. The zero-order chi connectivity index (χ0) is 25.7. The maximum absolute atomic E-state index is 6.50. The fourth-order valence-corrected chi connectivity index (χ4v) is 7.23. The van der Waals surface area contributed by atoms with Crippen molar-refractivity contribution in [3.05, 3.63) is 58.1 Å². The van der Waals surface area contributed by atoms with Crippen LogP contribution in [0.2, 0.25) is 10.0 Å². The molecule has 0 radical (unpaired) electrons. The molecule has 3 fully saturated rings. The number of hydrogen-bond donors (Lipinski definition) is 1. The maximum atomic E-state index is 6.50. The lowest BCUT2D eigenvalue weighted by molar-refractivity contribution is -0.00912. The van der Waals surface area contributed by atoms with Gasteiger partial charge in [-0.15, -0.1) is 0 Å². The zero-order valence-corrected chi connectivity index (χ0v) is 23.6. The van der Waals surface area contributed by atoms with Crippen LogP contribution in [0.15, 0.2) is 42.5 Å². The van der Waals surface area contributed by atoms with Crippen LogP contribution in [0.5, 0.6) is 0 Å². The molecule has 0 spiro atoms. The molecule has 2 saturated heterocycles. The second-order valence-corrected chi connectivity index (χ2v) is 13.1. The topological polar surface area (TPSA) is 44.3 Å². The van der Waals surface area contributed by atoms with Crippen LogP contribution < -0.4 is 10.2 Å². The molecule has 1 N–H and O–H groups in total. The first-order chi connectivity index (χ1) is 17.8. The maximum Gasteiger partial charge on any atom is 0.227 e. The van der Waals surface area contributed by atoms with Crippen molar-refractivity contribution in [3.8, 4) is 0 Å². The lowest BCUT2D eigenvalue weighted by Crippen LogP contribution is -2.57. The van der Waals surface area contributed by atoms with Crippen molar-refractivity contribution in [2.75, 3.05) is 36.4 Å². The number of nitrogens with one attached hydrogen (secondary N) is 1.